The number of allylic oxidation sites excluding steroid dienone is 1. The van der Waals surface area contributed by atoms with E-state index in [4.69, 9.17) is 0 Å². The predicted octanol–water partition coefficient (Wildman–Crippen LogP) is 3.42. The van der Waals surface area contributed by atoms with Crippen LogP contribution < -0.4 is 0 Å². The molecule has 0 aliphatic rings. The van der Waals surface area contributed by atoms with E-state index >= 15 is 0 Å². The van der Waals surface area contributed by atoms with Crippen LogP contribution in [-0.4, -0.2) is 6.21 Å². The van der Waals surface area contributed by atoms with E-state index in [-0.39, 0.29) is 5.56 Å². The molecule has 0 radical (unpaired) electrons. The zero-order valence-electron chi connectivity index (χ0n) is 8.09. The number of hydrogen-bond acceptors (Lipinski definition) is 1. The van der Waals surface area contributed by atoms with Crippen molar-refractivity contribution in [3.63, 3.8) is 0 Å². The van der Waals surface area contributed by atoms with Gasteiger partial charge in [0.2, 0.25) is 0 Å². The maximum atomic E-state index is 13.2. The third kappa shape index (κ3) is 2.25. The molecule has 74 valence electrons. The number of nitrogens with zero attached hydrogens (tertiary/aromatic N) is 1. The summed E-state index contributed by atoms with van der Waals surface area (Å²) in [5, 5.41) is 0. The largest absolute Gasteiger partial charge is 0.269 e. The van der Waals surface area contributed by atoms with Gasteiger partial charge in [0.05, 0.1) is 5.56 Å². The lowest BCUT2D eigenvalue weighted by Crippen LogP contribution is -1.91. The van der Waals surface area contributed by atoms with E-state index in [2.05, 4.69) is 4.99 Å². The van der Waals surface area contributed by atoms with E-state index in [0.29, 0.717) is 5.57 Å². The summed E-state index contributed by atoms with van der Waals surface area (Å²) >= 11 is 0. The first-order valence-electron chi connectivity index (χ1n) is 4.25. The van der Waals surface area contributed by atoms with E-state index in [1.165, 1.54) is 24.4 Å². The van der Waals surface area contributed by atoms with Gasteiger partial charge >= 0.3 is 0 Å². The van der Waals surface area contributed by atoms with Gasteiger partial charge in [0.15, 0.2) is 0 Å². The molecule has 14 heavy (non-hydrogen) atoms. The first-order chi connectivity index (χ1) is 6.66. The maximum Gasteiger partial charge on any atom is 0.133 e. The number of rotatable bonds is 2. The first-order valence-corrected chi connectivity index (χ1v) is 4.25. The van der Waals surface area contributed by atoms with Crippen molar-refractivity contribution < 1.29 is 8.78 Å². The Kier molecular flexibility index (Phi) is 3.51. The molecule has 1 rings (SSSR count). The Hall–Kier alpha value is -1.51. The Balaban J connectivity index is 3.18. The minimum absolute atomic E-state index is 0.0156. The molecule has 0 spiro atoms. The van der Waals surface area contributed by atoms with Gasteiger partial charge < -0.3 is 0 Å². The van der Waals surface area contributed by atoms with Crippen LogP contribution in [-0.2, 0) is 0 Å². The molecule has 0 saturated carbocycles. The molecule has 0 heterocycles. The Bertz CT molecular complexity index is 361. The molecule has 0 unspecified atom stereocenters. The molecule has 3 heteroatoms. The van der Waals surface area contributed by atoms with Crippen LogP contribution in [0.5, 0.6) is 0 Å². The van der Waals surface area contributed by atoms with Crippen molar-refractivity contribution in [2.75, 3.05) is 0 Å². The topological polar surface area (TPSA) is 12.4 Å². The van der Waals surface area contributed by atoms with E-state index in [1.54, 1.807) is 20.1 Å². The smallest absolute Gasteiger partial charge is 0.133 e. The summed E-state index contributed by atoms with van der Waals surface area (Å²) < 4.78 is 26.4. The molecular weight excluding hydrogens is 184 g/mol. The lowest BCUT2D eigenvalue weighted by molar-refractivity contribution is 0.577. The van der Waals surface area contributed by atoms with Gasteiger partial charge in [0.1, 0.15) is 11.6 Å². The van der Waals surface area contributed by atoms with Gasteiger partial charge in [-0.25, -0.2) is 8.78 Å². The average Bonchev–Trinajstić information content (AvgIpc) is 2.14. The lowest BCUT2D eigenvalue weighted by Gasteiger charge is -2.03. The fraction of sp³-hybridized carbons (Fsp3) is 0.182. The zero-order chi connectivity index (χ0) is 10.6. The molecule has 0 N–H and O–H groups in total. The van der Waals surface area contributed by atoms with E-state index in [9.17, 15) is 8.78 Å². The molecule has 0 amide bonds. The highest BCUT2D eigenvalue weighted by atomic mass is 19.1. The summed E-state index contributed by atoms with van der Waals surface area (Å²) in [5.74, 6) is -1.13. The van der Waals surface area contributed by atoms with Gasteiger partial charge in [0, 0.05) is 12.4 Å². The van der Waals surface area contributed by atoms with Crippen molar-refractivity contribution in [1.29, 1.82) is 0 Å². The molecule has 0 aliphatic carbocycles. The molecule has 0 bridgehead atoms. The van der Waals surface area contributed by atoms with Crippen LogP contribution in [0.1, 0.15) is 19.4 Å². The molecule has 0 fully saturated rings. The van der Waals surface area contributed by atoms with Gasteiger partial charge in [-0.3, -0.25) is 4.99 Å². The van der Waals surface area contributed by atoms with Crippen molar-refractivity contribution in [3.8, 4) is 0 Å². The second kappa shape index (κ2) is 4.65. The van der Waals surface area contributed by atoms with Crippen molar-refractivity contribution in [1.82, 2.24) is 0 Å². The molecule has 1 aromatic carbocycles. The monoisotopic (exact) mass is 195 g/mol. The molecule has 0 aromatic heterocycles. The van der Waals surface area contributed by atoms with Gasteiger partial charge in [-0.1, -0.05) is 6.07 Å². The standard InChI is InChI=1S/C11H11F2N/c1-3-14-7-8(2)11-9(12)5-4-6-10(11)13/h3-7H,1-2H3/b8-7+,14-3?. The summed E-state index contributed by atoms with van der Waals surface area (Å²) in [6, 6.07) is 3.79. The molecule has 1 aromatic rings. The van der Waals surface area contributed by atoms with Gasteiger partial charge in [-0.15, -0.1) is 0 Å². The number of benzene rings is 1. The van der Waals surface area contributed by atoms with Gasteiger partial charge in [-0.05, 0) is 31.6 Å². The quantitative estimate of drug-likeness (QED) is 0.641. The maximum absolute atomic E-state index is 13.2. The Morgan fingerprint density at radius 3 is 2.36 bits per heavy atom. The number of hydrogen-bond donors (Lipinski definition) is 0. The van der Waals surface area contributed by atoms with Gasteiger partial charge in [0.25, 0.3) is 0 Å². The van der Waals surface area contributed by atoms with Crippen LogP contribution in [0.25, 0.3) is 5.57 Å². The minimum atomic E-state index is -0.565. The average molecular weight is 195 g/mol. The van der Waals surface area contributed by atoms with Crippen LogP contribution in [0, 0.1) is 11.6 Å². The fourth-order valence-corrected chi connectivity index (χ4v) is 1.13. The van der Waals surface area contributed by atoms with Gasteiger partial charge in [-0.2, -0.15) is 0 Å². The highest BCUT2D eigenvalue weighted by molar-refractivity contribution is 5.66. The van der Waals surface area contributed by atoms with Crippen molar-refractivity contribution in [2.24, 2.45) is 4.99 Å². The summed E-state index contributed by atoms with van der Waals surface area (Å²) in [6.07, 6.45) is 2.99. The van der Waals surface area contributed by atoms with E-state index < -0.39 is 11.6 Å². The van der Waals surface area contributed by atoms with Crippen LogP contribution in [0.2, 0.25) is 0 Å². The van der Waals surface area contributed by atoms with Crippen molar-refractivity contribution in [2.45, 2.75) is 13.8 Å². The first kappa shape index (κ1) is 10.6. The van der Waals surface area contributed by atoms with Crippen molar-refractivity contribution >= 4 is 11.8 Å². The van der Waals surface area contributed by atoms with Crippen LogP contribution in [0.15, 0.2) is 29.4 Å². The molecule has 1 nitrogen and oxygen atoms in total. The second-order valence-electron chi connectivity index (χ2n) is 2.82. The Morgan fingerprint density at radius 2 is 1.86 bits per heavy atom. The third-order valence-corrected chi connectivity index (χ3v) is 1.77. The molecule has 0 atom stereocenters. The molecular formula is C11H11F2N. The van der Waals surface area contributed by atoms with Crippen LogP contribution >= 0.6 is 0 Å². The summed E-state index contributed by atoms with van der Waals surface area (Å²) in [4.78, 5) is 3.81. The molecule has 0 aliphatic heterocycles. The van der Waals surface area contributed by atoms with E-state index in [0.717, 1.165) is 0 Å². The highest BCUT2D eigenvalue weighted by Crippen LogP contribution is 2.20. The number of halogens is 2. The summed E-state index contributed by atoms with van der Waals surface area (Å²) in [6.45, 7) is 3.36. The SMILES string of the molecule is CC=N/C=C(\C)c1c(F)cccc1F. The minimum Gasteiger partial charge on any atom is -0.269 e. The summed E-state index contributed by atoms with van der Waals surface area (Å²) in [5.41, 5.74) is 0.455. The zero-order valence-corrected chi connectivity index (χ0v) is 8.09. The molecule has 0 saturated heterocycles. The number of aliphatic imine (C=N–C) groups is 1. The van der Waals surface area contributed by atoms with Crippen LogP contribution in [0.3, 0.4) is 0 Å². The van der Waals surface area contributed by atoms with E-state index in [1.807, 2.05) is 0 Å². The van der Waals surface area contributed by atoms with Crippen molar-refractivity contribution in [3.05, 3.63) is 41.6 Å². The third-order valence-electron chi connectivity index (χ3n) is 1.77. The van der Waals surface area contributed by atoms with Crippen LogP contribution in [0.4, 0.5) is 8.78 Å². The predicted molar refractivity (Wildman–Crippen MR) is 54.2 cm³/mol. The normalized spacial score (nSPS) is 12.4. The fourth-order valence-electron chi connectivity index (χ4n) is 1.13. The Morgan fingerprint density at radius 1 is 1.29 bits per heavy atom. The Labute approximate surface area is 81.8 Å². The lowest BCUT2D eigenvalue weighted by atomic mass is 10.1. The second-order valence-corrected chi connectivity index (χ2v) is 2.82. The highest BCUT2D eigenvalue weighted by Gasteiger charge is 2.09. The summed E-state index contributed by atoms with van der Waals surface area (Å²) in [7, 11) is 0.